The maximum Gasteiger partial charge on any atom is 0.453 e. The van der Waals surface area contributed by atoms with E-state index in [0.717, 1.165) is 7.11 Å². The molecule has 0 aromatic carbocycles. The number of esters is 1. The van der Waals surface area contributed by atoms with E-state index in [-0.39, 0.29) is 12.4 Å². The van der Waals surface area contributed by atoms with Gasteiger partial charge in [0.1, 0.15) is 6.04 Å². The summed E-state index contributed by atoms with van der Waals surface area (Å²) in [6.07, 6.45) is -7.95. The highest BCUT2D eigenvalue weighted by Crippen LogP contribution is 2.38. The molecule has 0 aliphatic carbocycles. The molecule has 0 spiro atoms. The monoisotopic (exact) mass is 271 g/mol. The van der Waals surface area contributed by atoms with Gasteiger partial charge in [-0.2, -0.15) is 22.0 Å². The Labute approximate surface area is 94.5 Å². The Morgan fingerprint density at radius 2 is 1.75 bits per heavy atom. The van der Waals surface area contributed by atoms with Gasteiger partial charge in [-0.25, -0.2) is 0 Å². The summed E-state index contributed by atoms with van der Waals surface area (Å²) in [6, 6.07) is -1.47. The first-order chi connectivity index (χ1) is 6.62. The third kappa shape index (κ3) is 4.93. The molecular formula is C7H11ClF5NO2. The molecule has 0 aliphatic heterocycles. The Morgan fingerprint density at radius 1 is 1.31 bits per heavy atom. The molecule has 2 N–H and O–H groups in total. The third-order valence-corrected chi connectivity index (χ3v) is 1.69. The van der Waals surface area contributed by atoms with Gasteiger partial charge in [0.25, 0.3) is 0 Å². The fourth-order valence-corrected chi connectivity index (χ4v) is 0.748. The van der Waals surface area contributed by atoms with Crippen molar-refractivity contribution >= 4 is 18.4 Å². The van der Waals surface area contributed by atoms with E-state index in [2.05, 4.69) is 4.74 Å². The molecule has 0 saturated carbocycles. The van der Waals surface area contributed by atoms with Crippen molar-refractivity contribution in [1.82, 2.24) is 0 Å². The highest BCUT2D eigenvalue weighted by Gasteiger charge is 2.56. The second-order valence-corrected chi connectivity index (χ2v) is 2.87. The molecule has 98 valence electrons. The molecule has 0 radical (unpaired) electrons. The molecule has 16 heavy (non-hydrogen) atoms. The third-order valence-electron chi connectivity index (χ3n) is 1.69. The lowest BCUT2D eigenvalue weighted by Crippen LogP contribution is -2.39. The lowest BCUT2D eigenvalue weighted by Gasteiger charge is -2.20. The van der Waals surface area contributed by atoms with E-state index < -0.39 is 37.0 Å². The van der Waals surface area contributed by atoms with Crippen LogP contribution in [0.15, 0.2) is 0 Å². The molecule has 3 nitrogen and oxygen atoms in total. The molecule has 0 fully saturated rings. The SMILES string of the molecule is COC(=O)C(N)CCC(F)(F)C(F)(F)F.Cl. The maximum absolute atomic E-state index is 12.3. The molecule has 0 saturated heterocycles. The highest BCUT2D eigenvalue weighted by molar-refractivity contribution is 5.85. The summed E-state index contributed by atoms with van der Waals surface area (Å²) in [5, 5.41) is 0. The first-order valence-electron chi connectivity index (χ1n) is 3.90. The Hall–Kier alpha value is -0.630. The highest BCUT2D eigenvalue weighted by atomic mass is 35.5. The molecule has 0 aromatic heterocycles. The summed E-state index contributed by atoms with van der Waals surface area (Å²) in [5.41, 5.74) is 5.00. The molecule has 0 rings (SSSR count). The molecule has 0 heterocycles. The van der Waals surface area contributed by atoms with Crippen molar-refractivity contribution in [2.24, 2.45) is 5.73 Å². The number of hydrogen-bond donors (Lipinski definition) is 1. The zero-order chi connectivity index (χ0) is 12.3. The van der Waals surface area contributed by atoms with Crippen molar-refractivity contribution in [2.45, 2.75) is 31.0 Å². The van der Waals surface area contributed by atoms with Crippen LogP contribution in [0.5, 0.6) is 0 Å². The average molecular weight is 272 g/mol. The Morgan fingerprint density at radius 3 is 2.06 bits per heavy atom. The van der Waals surface area contributed by atoms with E-state index in [1.54, 1.807) is 0 Å². The van der Waals surface area contributed by atoms with Crippen molar-refractivity contribution in [3.63, 3.8) is 0 Å². The molecule has 1 atom stereocenters. The summed E-state index contributed by atoms with van der Waals surface area (Å²) in [6.45, 7) is 0. The molecule has 1 unspecified atom stereocenters. The molecule has 0 aliphatic rings. The number of hydrogen-bond acceptors (Lipinski definition) is 3. The number of nitrogens with two attached hydrogens (primary N) is 1. The van der Waals surface area contributed by atoms with Crippen LogP contribution in [0.25, 0.3) is 0 Å². The van der Waals surface area contributed by atoms with Gasteiger partial charge in [0.2, 0.25) is 0 Å². The zero-order valence-electron chi connectivity index (χ0n) is 8.18. The molecule has 0 aromatic rings. The smallest absolute Gasteiger partial charge is 0.453 e. The number of rotatable bonds is 4. The van der Waals surface area contributed by atoms with E-state index in [4.69, 9.17) is 5.73 Å². The van der Waals surface area contributed by atoms with Gasteiger partial charge >= 0.3 is 18.1 Å². The zero-order valence-corrected chi connectivity index (χ0v) is 9.00. The van der Waals surface area contributed by atoms with Crippen molar-refractivity contribution in [2.75, 3.05) is 7.11 Å². The number of alkyl halides is 5. The Kier molecular flexibility index (Phi) is 6.87. The standard InChI is InChI=1S/C7H10F5NO2.ClH/c1-15-5(14)4(13)2-3-6(8,9)7(10,11)12;/h4H,2-3,13H2,1H3;1H. The van der Waals surface area contributed by atoms with E-state index in [1.165, 1.54) is 0 Å². The second kappa shape index (κ2) is 6.19. The van der Waals surface area contributed by atoms with Crippen molar-refractivity contribution in [3.05, 3.63) is 0 Å². The van der Waals surface area contributed by atoms with E-state index >= 15 is 0 Å². The van der Waals surface area contributed by atoms with E-state index in [1.807, 2.05) is 0 Å². The van der Waals surface area contributed by atoms with Crippen molar-refractivity contribution < 1.29 is 31.5 Å². The lowest BCUT2D eigenvalue weighted by molar-refractivity contribution is -0.284. The number of carbonyl (C=O) groups is 1. The molecule has 0 bridgehead atoms. The molecule has 0 amide bonds. The number of ether oxygens (including phenoxy) is 1. The van der Waals surface area contributed by atoms with Crippen LogP contribution in [0, 0.1) is 0 Å². The van der Waals surface area contributed by atoms with Crippen LogP contribution in [0.2, 0.25) is 0 Å². The van der Waals surface area contributed by atoms with Gasteiger partial charge in [0, 0.05) is 6.42 Å². The van der Waals surface area contributed by atoms with Gasteiger partial charge in [-0.05, 0) is 6.42 Å². The minimum absolute atomic E-state index is 0. The summed E-state index contributed by atoms with van der Waals surface area (Å²) >= 11 is 0. The van der Waals surface area contributed by atoms with Crippen LogP contribution in [0.4, 0.5) is 22.0 Å². The minimum atomic E-state index is -5.62. The Balaban J connectivity index is 0. The average Bonchev–Trinajstić information content (AvgIpc) is 2.11. The maximum atomic E-state index is 12.3. The number of carbonyl (C=O) groups excluding carboxylic acids is 1. The Bertz CT molecular complexity index is 233. The van der Waals surface area contributed by atoms with E-state index in [0.29, 0.717) is 0 Å². The predicted octanol–water partition coefficient (Wildman–Crippen LogP) is 1.89. The first-order valence-corrected chi connectivity index (χ1v) is 3.90. The van der Waals surface area contributed by atoms with Gasteiger partial charge in [0.05, 0.1) is 7.11 Å². The van der Waals surface area contributed by atoms with Crippen molar-refractivity contribution in [3.8, 4) is 0 Å². The first kappa shape index (κ1) is 17.8. The van der Waals surface area contributed by atoms with E-state index in [9.17, 15) is 26.7 Å². The van der Waals surface area contributed by atoms with Crippen LogP contribution in [0.3, 0.4) is 0 Å². The fourth-order valence-electron chi connectivity index (χ4n) is 0.748. The van der Waals surface area contributed by atoms with Crippen LogP contribution >= 0.6 is 12.4 Å². The molecule has 9 heteroatoms. The summed E-state index contributed by atoms with van der Waals surface area (Å²) in [7, 11) is 0.962. The number of methoxy groups -OCH3 is 1. The van der Waals surface area contributed by atoms with Crippen molar-refractivity contribution in [1.29, 1.82) is 0 Å². The van der Waals surface area contributed by atoms with Crippen LogP contribution in [-0.4, -0.2) is 31.2 Å². The quantitative estimate of drug-likeness (QED) is 0.627. The summed E-state index contributed by atoms with van der Waals surface area (Å²) in [4.78, 5) is 10.6. The van der Waals surface area contributed by atoms with Crippen LogP contribution in [-0.2, 0) is 9.53 Å². The largest absolute Gasteiger partial charge is 0.468 e. The van der Waals surface area contributed by atoms with Crippen LogP contribution < -0.4 is 5.73 Å². The van der Waals surface area contributed by atoms with Gasteiger partial charge < -0.3 is 10.5 Å². The van der Waals surface area contributed by atoms with Gasteiger partial charge in [-0.3, -0.25) is 4.79 Å². The fraction of sp³-hybridized carbons (Fsp3) is 0.857. The topological polar surface area (TPSA) is 52.3 Å². The number of halogens is 6. The lowest BCUT2D eigenvalue weighted by atomic mass is 10.1. The minimum Gasteiger partial charge on any atom is -0.468 e. The van der Waals surface area contributed by atoms with Gasteiger partial charge in [0.15, 0.2) is 0 Å². The predicted molar refractivity (Wildman–Crippen MR) is 47.5 cm³/mol. The van der Waals surface area contributed by atoms with Crippen LogP contribution in [0.1, 0.15) is 12.8 Å². The summed E-state index contributed by atoms with van der Waals surface area (Å²) < 4.78 is 63.7. The second-order valence-electron chi connectivity index (χ2n) is 2.87. The summed E-state index contributed by atoms with van der Waals surface area (Å²) in [5.74, 6) is -5.86. The molecular weight excluding hydrogens is 261 g/mol. The normalized spacial score (nSPS) is 13.9. The van der Waals surface area contributed by atoms with Gasteiger partial charge in [-0.1, -0.05) is 0 Å². The van der Waals surface area contributed by atoms with Gasteiger partial charge in [-0.15, -0.1) is 12.4 Å².